The van der Waals surface area contributed by atoms with Gasteiger partial charge in [0, 0.05) is 5.56 Å². The summed E-state index contributed by atoms with van der Waals surface area (Å²) < 4.78 is 29.0. The minimum absolute atomic E-state index is 0.00725. The van der Waals surface area contributed by atoms with Gasteiger partial charge < -0.3 is 14.2 Å². The molecule has 0 saturated heterocycles. The smallest absolute Gasteiger partial charge is 0.351 e. The number of esters is 1. The van der Waals surface area contributed by atoms with E-state index in [-0.39, 0.29) is 12.2 Å². The molecule has 0 fully saturated rings. The van der Waals surface area contributed by atoms with Crippen LogP contribution in [0, 0.1) is 5.82 Å². The minimum atomic E-state index is -1.01. The normalized spacial score (nSPS) is 17.0. The Hall–Kier alpha value is -2.89. The Morgan fingerprint density at radius 2 is 1.79 bits per heavy atom. The second-order valence-electron chi connectivity index (χ2n) is 5.31. The second-order valence-corrected chi connectivity index (χ2v) is 5.31. The highest BCUT2D eigenvalue weighted by molar-refractivity contribution is 6.00. The summed E-state index contributed by atoms with van der Waals surface area (Å²) in [6.45, 7) is 1.47. The van der Waals surface area contributed by atoms with Crippen LogP contribution in [0.25, 0.3) is 0 Å². The predicted octanol–water partition coefficient (Wildman–Crippen LogP) is 2.78. The Balaban J connectivity index is 1.62. The van der Waals surface area contributed by atoms with Crippen LogP contribution in [0.4, 0.5) is 4.39 Å². The first-order chi connectivity index (χ1) is 11.5. The molecular weight excluding hydrogens is 315 g/mol. The lowest BCUT2D eigenvalue weighted by atomic mass is 10.1. The van der Waals surface area contributed by atoms with Crippen LogP contribution in [0.2, 0.25) is 0 Å². The summed E-state index contributed by atoms with van der Waals surface area (Å²) >= 11 is 0. The first kappa shape index (κ1) is 16.0. The van der Waals surface area contributed by atoms with Crippen LogP contribution in [-0.2, 0) is 9.53 Å². The Bertz CT molecular complexity index is 756. The number of carbonyl (C=O) groups excluding carboxylic acids is 2. The summed E-state index contributed by atoms with van der Waals surface area (Å²) in [5.74, 6) is -0.546. The number of benzene rings is 2. The number of ether oxygens (including phenoxy) is 3. The van der Waals surface area contributed by atoms with Gasteiger partial charge in [-0.1, -0.05) is 12.1 Å². The zero-order valence-electron chi connectivity index (χ0n) is 12.9. The van der Waals surface area contributed by atoms with Crippen molar-refractivity contribution in [2.75, 3.05) is 6.61 Å². The Kier molecular flexibility index (Phi) is 4.46. The van der Waals surface area contributed by atoms with E-state index in [4.69, 9.17) is 14.2 Å². The van der Waals surface area contributed by atoms with Gasteiger partial charge >= 0.3 is 5.97 Å². The topological polar surface area (TPSA) is 61.8 Å². The van der Waals surface area contributed by atoms with Gasteiger partial charge in [-0.25, -0.2) is 9.18 Å². The van der Waals surface area contributed by atoms with Gasteiger partial charge in [-0.2, -0.15) is 0 Å². The van der Waals surface area contributed by atoms with Crippen molar-refractivity contribution >= 4 is 11.8 Å². The molecule has 0 saturated carbocycles. The minimum Gasteiger partial charge on any atom is -0.485 e. The number of Topliss-reactive ketones (excluding diaryl/α,β-unsaturated/α-hetero) is 1. The molecule has 24 heavy (non-hydrogen) atoms. The van der Waals surface area contributed by atoms with Gasteiger partial charge in [0.1, 0.15) is 12.4 Å². The molecule has 2 aromatic rings. The number of carbonyl (C=O) groups is 2. The molecule has 1 heterocycles. The van der Waals surface area contributed by atoms with Gasteiger partial charge in [0.05, 0.1) is 0 Å². The molecule has 0 aromatic heterocycles. The summed E-state index contributed by atoms with van der Waals surface area (Å²) in [5.41, 5.74) is 0.267. The van der Waals surface area contributed by atoms with E-state index in [1.54, 1.807) is 24.3 Å². The maximum Gasteiger partial charge on any atom is 0.351 e. The summed E-state index contributed by atoms with van der Waals surface area (Å²) in [5, 5.41) is 0. The van der Waals surface area contributed by atoms with Crippen molar-refractivity contribution in [1.29, 1.82) is 0 Å². The molecule has 0 unspecified atom stereocenters. The molecule has 0 N–H and O–H groups in total. The average molecular weight is 330 g/mol. The molecule has 124 valence electrons. The van der Waals surface area contributed by atoms with Crippen LogP contribution in [0.3, 0.4) is 0 Å². The van der Waals surface area contributed by atoms with Gasteiger partial charge in [-0.05, 0) is 43.3 Å². The standard InChI is InChI=1S/C18H15FO5/c1-11(17(20)12-6-8-13(19)9-7-12)23-18(21)16-10-22-14-4-2-3-5-15(14)24-16/h2-9,11,16H,10H2,1H3/t11-,16+/m1/s1. The molecule has 0 bridgehead atoms. The highest BCUT2D eigenvalue weighted by Gasteiger charge is 2.31. The van der Waals surface area contributed by atoms with Crippen LogP contribution >= 0.6 is 0 Å². The van der Waals surface area contributed by atoms with Crippen molar-refractivity contribution < 1.29 is 28.2 Å². The third kappa shape index (κ3) is 3.37. The highest BCUT2D eigenvalue weighted by atomic mass is 19.1. The predicted molar refractivity (Wildman–Crippen MR) is 82.6 cm³/mol. The van der Waals surface area contributed by atoms with Crippen molar-refractivity contribution in [2.24, 2.45) is 0 Å². The molecule has 0 amide bonds. The molecule has 0 spiro atoms. The largest absolute Gasteiger partial charge is 0.485 e. The van der Waals surface area contributed by atoms with Crippen molar-refractivity contribution in [3.8, 4) is 11.5 Å². The summed E-state index contributed by atoms with van der Waals surface area (Å²) in [6.07, 6.45) is -1.95. The molecule has 2 aromatic carbocycles. The third-order valence-electron chi connectivity index (χ3n) is 3.56. The van der Waals surface area contributed by atoms with E-state index >= 15 is 0 Å². The van der Waals surface area contributed by atoms with Crippen molar-refractivity contribution in [2.45, 2.75) is 19.1 Å². The summed E-state index contributed by atoms with van der Waals surface area (Å²) in [6, 6.07) is 12.0. The zero-order valence-corrected chi connectivity index (χ0v) is 12.9. The number of rotatable bonds is 4. The van der Waals surface area contributed by atoms with E-state index in [0.717, 1.165) is 0 Å². The number of ketones is 1. The van der Waals surface area contributed by atoms with Crippen molar-refractivity contribution in [1.82, 2.24) is 0 Å². The van der Waals surface area contributed by atoms with E-state index in [1.165, 1.54) is 31.2 Å². The molecular formula is C18H15FO5. The maximum absolute atomic E-state index is 12.9. The molecule has 5 nitrogen and oxygen atoms in total. The van der Waals surface area contributed by atoms with E-state index < -0.39 is 29.8 Å². The number of hydrogen-bond donors (Lipinski definition) is 0. The van der Waals surface area contributed by atoms with Gasteiger partial charge in [-0.15, -0.1) is 0 Å². The van der Waals surface area contributed by atoms with Crippen molar-refractivity contribution in [3.63, 3.8) is 0 Å². The van der Waals surface area contributed by atoms with Crippen LogP contribution in [0.15, 0.2) is 48.5 Å². The molecule has 0 aliphatic carbocycles. The van der Waals surface area contributed by atoms with Crippen LogP contribution in [0.5, 0.6) is 11.5 Å². The van der Waals surface area contributed by atoms with E-state index in [0.29, 0.717) is 11.5 Å². The second kappa shape index (κ2) is 6.70. The van der Waals surface area contributed by atoms with E-state index in [9.17, 15) is 14.0 Å². The van der Waals surface area contributed by atoms with Gasteiger partial charge in [0.15, 0.2) is 17.6 Å². The van der Waals surface area contributed by atoms with Crippen LogP contribution in [-0.4, -0.2) is 30.6 Å². The fourth-order valence-electron chi connectivity index (χ4n) is 2.29. The maximum atomic E-state index is 12.9. The molecule has 1 aliphatic rings. The highest BCUT2D eigenvalue weighted by Crippen LogP contribution is 2.31. The number of hydrogen-bond acceptors (Lipinski definition) is 5. The quantitative estimate of drug-likeness (QED) is 0.637. The monoisotopic (exact) mass is 330 g/mol. The molecule has 0 radical (unpaired) electrons. The first-order valence-electron chi connectivity index (χ1n) is 7.43. The zero-order chi connectivity index (χ0) is 17.1. The van der Waals surface area contributed by atoms with Gasteiger partial charge in [-0.3, -0.25) is 4.79 Å². The van der Waals surface area contributed by atoms with Crippen molar-refractivity contribution in [3.05, 3.63) is 59.9 Å². The Labute approximate surface area is 138 Å². The summed E-state index contributed by atoms with van der Waals surface area (Å²) in [4.78, 5) is 24.4. The average Bonchev–Trinajstić information content (AvgIpc) is 2.61. The fourth-order valence-corrected chi connectivity index (χ4v) is 2.29. The fraction of sp³-hybridized carbons (Fsp3) is 0.222. The van der Waals surface area contributed by atoms with Crippen LogP contribution < -0.4 is 9.47 Å². The lowest BCUT2D eigenvalue weighted by Gasteiger charge is -2.25. The third-order valence-corrected chi connectivity index (χ3v) is 3.56. The number of fused-ring (bicyclic) bond motifs is 1. The van der Waals surface area contributed by atoms with E-state index in [1.807, 2.05) is 0 Å². The summed E-state index contributed by atoms with van der Waals surface area (Å²) in [7, 11) is 0. The Morgan fingerprint density at radius 3 is 2.50 bits per heavy atom. The number of para-hydroxylation sites is 2. The first-order valence-corrected chi connectivity index (χ1v) is 7.43. The lowest BCUT2D eigenvalue weighted by Crippen LogP contribution is -2.40. The molecule has 3 rings (SSSR count). The molecule has 6 heteroatoms. The molecule has 1 aliphatic heterocycles. The van der Waals surface area contributed by atoms with E-state index in [2.05, 4.69) is 0 Å². The van der Waals surface area contributed by atoms with Gasteiger partial charge in [0.25, 0.3) is 0 Å². The SMILES string of the molecule is C[C@@H](OC(=O)[C@@H]1COc2ccccc2O1)C(=O)c1ccc(F)cc1. The number of halogens is 1. The van der Waals surface area contributed by atoms with Crippen LogP contribution in [0.1, 0.15) is 17.3 Å². The molecule has 2 atom stereocenters. The van der Waals surface area contributed by atoms with Gasteiger partial charge in [0.2, 0.25) is 11.9 Å². The lowest BCUT2D eigenvalue weighted by molar-refractivity contribution is -0.157. The Morgan fingerprint density at radius 1 is 1.12 bits per heavy atom.